The van der Waals surface area contributed by atoms with E-state index >= 15 is 0 Å². The van der Waals surface area contributed by atoms with Crippen molar-refractivity contribution in [3.05, 3.63) is 77.9 Å². The molecule has 1 atom stereocenters. The summed E-state index contributed by atoms with van der Waals surface area (Å²) in [4.78, 5) is 31.1. The van der Waals surface area contributed by atoms with Gasteiger partial charge in [-0.1, -0.05) is 41.6 Å². The van der Waals surface area contributed by atoms with Crippen LogP contribution in [0.25, 0.3) is 0 Å². The van der Waals surface area contributed by atoms with Gasteiger partial charge in [-0.25, -0.2) is 0 Å². The Bertz CT molecular complexity index is 972. The Balaban J connectivity index is 1.37. The van der Waals surface area contributed by atoms with Gasteiger partial charge < -0.3 is 14.7 Å². The fourth-order valence-corrected chi connectivity index (χ4v) is 3.50. The third-order valence-corrected chi connectivity index (χ3v) is 4.94. The first kappa shape index (κ1) is 18.9. The maximum atomic E-state index is 12.8. The van der Waals surface area contributed by atoms with Crippen LogP contribution in [0, 0.1) is 0 Å². The first-order valence-corrected chi connectivity index (χ1v) is 9.74. The highest BCUT2D eigenvalue weighted by molar-refractivity contribution is 5.94. The normalized spacial score (nSPS) is 16.0. The van der Waals surface area contributed by atoms with Gasteiger partial charge in [0.1, 0.15) is 0 Å². The highest BCUT2D eigenvalue weighted by Crippen LogP contribution is 2.31. The number of hydrogen-bond donors (Lipinski definition) is 1. The molecule has 4 rings (SSSR count). The minimum atomic E-state index is -0.196. The predicted octanol–water partition coefficient (Wildman–Crippen LogP) is 3.62. The van der Waals surface area contributed by atoms with Crippen molar-refractivity contribution in [3.8, 4) is 0 Å². The lowest BCUT2D eigenvalue weighted by molar-refractivity contribution is -0.116. The average molecular weight is 390 g/mol. The minimum absolute atomic E-state index is 0.0262. The first-order valence-electron chi connectivity index (χ1n) is 9.74. The van der Waals surface area contributed by atoms with E-state index in [0.717, 1.165) is 18.5 Å². The summed E-state index contributed by atoms with van der Waals surface area (Å²) in [6.07, 6.45) is 2.29. The van der Waals surface area contributed by atoms with E-state index in [1.165, 1.54) is 0 Å². The predicted molar refractivity (Wildman–Crippen MR) is 107 cm³/mol. The van der Waals surface area contributed by atoms with E-state index in [1.807, 2.05) is 60.7 Å². The molecule has 148 valence electrons. The standard InChI is InChI=1S/C22H22N4O3/c27-19(23-17-10-5-2-6-11-17)13-14-20-24-21(25-29-20)18-12-7-15-26(18)22(28)16-8-3-1-4-9-16/h1-6,8-11,18H,7,12-15H2,(H,23,27). The molecule has 1 aliphatic heterocycles. The van der Waals surface area contributed by atoms with Crippen molar-refractivity contribution in [1.82, 2.24) is 15.0 Å². The second-order valence-corrected chi connectivity index (χ2v) is 6.98. The molecule has 7 heteroatoms. The largest absolute Gasteiger partial charge is 0.339 e. The van der Waals surface area contributed by atoms with Crippen molar-refractivity contribution in [2.75, 3.05) is 11.9 Å². The molecular weight excluding hydrogens is 368 g/mol. The first-order chi connectivity index (χ1) is 14.2. The zero-order chi connectivity index (χ0) is 20.1. The number of hydrogen-bond acceptors (Lipinski definition) is 5. The van der Waals surface area contributed by atoms with Gasteiger partial charge in [0, 0.05) is 30.6 Å². The molecule has 1 N–H and O–H groups in total. The van der Waals surface area contributed by atoms with Crippen molar-refractivity contribution in [2.45, 2.75) is 31.7 Å². The molecular formula is C22H22N4O3. The number of aromatic nitrogens is 2. The monoisotopic (exact) mass is 390 g/mol. The van der Waals surface area contributed by atoms with Gasteiger partial charge in [0.05, 0.1) is 6.04 Å². The number of nitrogens with one attached hydrogen (secondary N) is 1. The molecule has 0 saturated carbocycles. The molecule has 0 radical (unpaired) electrons. The summed E-state index contributed by atoms with van der Waals surface area (Å²) in [5.41, 5.74) is 1.41. The van der Waals surface area contributed by atoms with Gasteiger partial charge in [-0.15, -0.1) is 0 Å². The minimum Gasteiger partial charge on any atom is -0.339 e. The van der Waals surface area contributed by atoms with Crippen LogP contribution in [0.15, 0.2) is 65.2 Å². The maximum absolute atomic E-state index is 12.8. The number of para-hydroxylation sites is 1. The third kappa shape index (κ3) is 4.51. The summed E-state index contributed by atoms with van der Waals surface area (Å²) in [7, 11) is 0. The average Bonchev–Trinajstić information content (AvgIpc) is 3.42. The summed E-state index contributed by atoms with van der Waals surface area (Å²) in [6, 6.07) is 18.3. The van der Waals surface area contributed by atoms with Crippen LogP contribution in [0.3, 0.4) is 0 Å². The van der Waals surface area contributed by atoms with Crippen LogP contribution in [-0.2, 0) is 11.2 Å². The van der Waals surface area contributed by atoms with E-state index in [2.05, 4.69) is 15.5 Å². The lowest BCUT2D eigenvalue weighted by atomic mass is 10.1. The lowest BCUT2D eigenvalue weighted by Crippen LogP contribution is -2.31. The van der Waals surface area contributed by atoms with Gasteiger partial charge in [0.25, 0.3) is 5.91 Å². The molecule has 1 fully saturated rings. The number of likely N-dealkylation sites (tertiary alicyclic amines) is 1. The maximum Gasteiger partial charge on any atom is 0.254 e. The molecule has 2 heterocycles. The molecule has 0 bridgehead atoms. The van der Waals surface area contributed by atoms with Crippen molar-refractivity contribution in [2.24, 2.45) is 0 Å². The van der Waals surface area contributed by atoms with E-state index in [-0.39, 0.29) is 24.3 Å². The van der Waals surface area contributed by atoms with E-state index < -0.39 is 0 Å². The van der Waals surface area contributed by atoms with Crippen LogP contribution < -0.4 is 5.32 Å². The zero-order valence-electron chi connectivity index (χ0n) is 16.0. The quantitative estimate of drug-likeness (QED) is 0.694. The molecule has 1 saturated heterocycles. The highest BCUT2D eigenvalue weighted by atomic mass is 16.5. The number of carbonyl (C=O) groups is 2. The van der Waals surface area contributed by atoms with Crippen LogP contribution in [-0.4, -0.2) is 33.4 Å². The Morgan fingerprint density at radius 1 is 1.07 bits per heavy atom. The van der Waals surface area contributed by atoms with Crippen molar-refractivity contribution in [3.63, 3.8) is 0 Å². The van der Waals surface area contributed by atoms with Crippen LogP contribution in [0.4, 0.5) is 5.69 Å². The molecule has 2 amide bonds. The fourth-order valence-electron chi connectivity index (χ4n) is 3.50. The van der Waals surface area contributed by atoms with Crippen LogP contribution in [0.5, 0.6) is 0 Å². The molecule has 1 aromatic heterocycles. The van der Waals surface area contributed by atoms with Crippen LogP contribution in [0.1, 0.15) is 47.4 Å². The van der Waals surface area contributed by atoms with E-state index in [4.69, 9.17) is 4.52 Å². The van der Waals surface area contributed by atoms with Crippen molar-refractivity contribution >= 4 is 17.5 Å². The summed E-state index contributed by atoms with van der Waals surface area (Å²) >= 11 is 0. The smallest absolute Gasteiger partial charge is 0.254 e. The summed E-state index contributed by atoms with van der Waals surface area (Å²) < 4.78 is 5.33. The second kappa shape index (κ2) is 8.68. The highest BCUT2D eigenvalue weighted by Gasteiger charge is 2.33. The summed E-state index contributed by atoms with van der Waals surface area (Å²) in [5.74, 6) is 0.770. The van der Waals surface area contributed by atoms with Crippen LogP contribution >= 0.6 is 0 Å². The Morgan fingerprint density at radius 3 is 2.55 bits per heavy atom. The van der Waals surface area contributed by atoms with Crippen molar-refractivity contribution in [1.29, 1.82) is 0 Å². The van der Waals surface area contributed by atoms with Gasteiger partial charge >= 0.3 is 0 Å². The molecule has 29 heavy (non-hydrogen) atoms. The van der Waals surface area contributed by atoms with Gasteiger partial charge in [-0.3, -0.25) is 9.59 Å². The number of carbonyl (C=O) groups excluding carboxylic acids is 2. The SMILES string of the molecule is O=C(CCc1nc(C2CCCN2C(=O)c2ccccc2)no1)Nc1ccccc1. The lowest BCUT2D eigenvalue weighted by Gasteiger charge is -2.22. The Hall–Kier alpha value is -3.48. The van der Waals surface area contributed by atoms with Gasteiger partial charge in [0.15, 0.2) is 5.82 Å². The van der Waals surface area contributed by atoms with E-state index in [9.17, 15) is 9.59 Å². The van der Waals surface area contributed by atoms with E-state index in [0.29, 0.717) is 30.2 Å². The summed E-state index contributed by atoms with van der Waals surface area (Å²) in [5, 5.41) is 6.91. The molecule has 1 unspecified atom stereocenters. The molecule has 7 nitrogen and oxygen atoms in total. The molecule has 0 aliphatic carbocycles. The molecule has 2 aromatic carbocycles. The van der Waals surface area contributed by atoms with Crippen LogP contribution in [0.2, 0.25) is 0 Å². The number of benzene rings is 2. The summed E-state index contributed by atoms with van der Waals surface area (Å²) in [6.45, 7) is 0.668. The Kier molecular flexibility index (Phi) is 5.65. The van der Waals surface area contributed by atoms with Gasteiger partial charge in [0.2, 0.25) is 11.8 Å². The number of amides is 2. The Labute approximate surface area is 168 Å². The van der Waals surface area contributed by atoms with Gasteiger partial charge in [-0.05, 0) is 37.1 Å². The molecule has 3 aromatic rings. The van der Waals surface area contributed by atoms with E-state index in [1.54, 1.807) is 4.90 Å². The molecule has 1 aliphatic rings. The molecule has 0 spiro atoms. The van der Waals surface area contributed by atoms with Gasteiger partial charge in [-0.2, -0.15) is 4.98 Å². The second-order valence-electron chi connectivity index (χ2n) is 6.98. The van der Waals surface area contributed by atoms with Crippen molar-refractivity contribution < 1.29 is 14.1 Å². The zero-order valence-corrected chi connectivity index (χ0v) is 16.0. The Morgan fingerprint density at radius 2 is 1.79 bits per heavy atom. The number of aryl methyl sites for hydroxylation is 1. The number of anilines is 1. The number of rotatable bonds is 6. The fraction of sp³-hybridized carbons (Fsp3) is 0.273. The number of nitrogens with zero attached hydrogens (tertiary/aromatic N) is 3. The third-order valence-electron chi connectivity index (χ3n) is 4.94. The topological polar surface area (TPSA) is 88.3 Å².